The predicted octanol–water partition coefficient (Wildman–Crippen LogP) is 4.05. The summed E-state index contributed by atoms with van der Waals surface area (Å²) in [7, 11) is -3.82. The van der Waals surface area contributed by atoms with Gasteiger partial charge in [-0.2, -0.15) is 0 Å². The van der Waals surface area contributed by atoms with Crippen LogP contribution in [-0.4, -0.2) is 33.4 Å². The van der Waals surface area contributed by atoms with Crippen molar-refractivity contribution in [1.82, 2.24) is 13.9 Å². The van der Waals surface area contributed by atoms with Gasteiger partial charge in [0.1, 0.15) is 5.82 Å². The van der Waals surface area contributed by atoms with Gasteiger partial charge in [-0.25, -0.2) is 22.4 Å². The zero-order chi connectivity index (χ0) is 23.7. The fourth-order valence-corrected chi connectivity index (χ4v) is 7.35. The van der Waals surface area contributed by atoms with E-state index in [0.29, 0.717) is 27.6 Å². The second kappa shape index (κ2) is 7.36. The van der Waals surface area contributed by atoms with Gasteiger partial charge in [0, 0.05) is 40.3 Å². The first-order valence-corrected chi connectivity index (χ1v) is 13.0. The molecule has 1 unspecified atom stereocenters. The summed E-state index contributed by atoms with van der Waals surface area (Å²) < 4.78 is 28.3. The van der Waals surface area contributed by atoms with E-state index < -0.39 is 15.6 Å². The summed E-state index contributed by atoms with van der Waals surface area (Å²) in [4.78, 5) is 9.59. The Morgan fingerprint density at radius 1 is 1.03 bits per heavy atom. The molecule has 7 nitrogen and oxygen atoms in total. The Morgan fingerprint density at radius 2 is 1.74 bits per heavy atom. The maximum atomic E-state index is 13.5. The molecule has 1 atom stereocenters. The third kappa shape index (κ3) is 3.20. The normalized spacial score (nSPS) is 26.4. The lowest BCUT2D eigenvalue weighted by molar-refractivity contribution is 0.0219. The summed E-state index contributed by atoms with van der Waals surface area (Å²) in [6.07, 6.45) is 6.38. The number of nitrogens with two attached hydrogens (primary N) is 2. The smallest absolute Gasteiger partial charge is 0.268 e. The van der Waals surface area contributed by atoms with E-state index in [1.54, 1.807) is 48.8 Å². The molecule has 3 saturated carbocycles. The third-order valence-electron chi connectivity index (χ3n) is 7.29. The number of fused-ring (bicyclic) bond motifs is 3. The van der Waals surface area contributed by atoms with Crippen LogP contribution < -0.4 is 11.5 Å². The lowest BCUT2D eigenvalue weighted by Crippen LogP contribution is -2.72. The van der Waals surface area contributed by atoms with E-state index in [1.807, 2.05) is 18.2 Å². The summed E-state index contributed by atoms with van der Waals surface area (Å²) in [6, 6.07) is 15.7. The SMILES string of the molecule is NC12CCC(c3ncc(Cl)c(-c4cn(S(=O)(=O)c5ccccc5)c5ccccc45)n3)C(N)(C1)C2. The number of nitrogens with zero attached hydrogens (tertiary/aromatic N) is 3. The fourth-order valence-electron chi connectivity index (χ4n) is 5.77. The van der Waals surface area contributed by atoms with Gasteiger partial charge in [0.2, 0.25) is 0 Å². The van der Waals surface area contributed by atoms with Crippen molar-refractivity contribution in [2.75, 3.05) is 0 Å². The molecule has 7 rings (SSSR count). The molecule has 3 aliphatic carbocycles. The highest BCUT2D eigenvalue weighted by Crippen LogP contribution is 2.55. The molecule has 174 valence electrons. The summed E-state index contributed by atoms with van der Waals surface area (Å²) in [5.74, 6) is 0.613. The number of para-hydroxylation sites is 1. The van der Waals surface area contributed by atoms with Gasteiger partial charge in [-0.1, -0.05) is 48.0 Å². The van der Waals surface area contributed by atoms with Crippen LogP contribution in [-0.2, 0) is 10.0 Å². The van der Waals surface area contributed by atoms with E-state index in [-0.39, 0.29) is 16.4 Å². The van der Waals surface area contributed by atoms with Gasteiger partial charge in [-0.3, -0.25) is 0 Å². The molecular weight excluding hydrogens is 470 g/mol. The summed E-state index contributed by atoms with van der Waals surface area (Å²) in [5.41, 5.74) is 14.1. The van der Waals surface area contributed by atoms with Crippen molar-refractivity contribution in [2.45, 2.75) is 47.6 Å². The molecule has 34 heavy (non-hydrogen) atoms. The average molecular weight is 494 g/mol. The van der Waals surface area contributed by atoms with E-state index in [1.165, 1.54) is 3.97 Å². The lowest BCUT2D eigenvalue weighted by atomic mass is 9.51. The zero-order valence-corrected chi connectivity index (χ0v) is 19.9. The molecule has 9 heteroatoms. The van der Waals surface area contributed by atoms with Crippen LogP contribution in [0.1, 0.15) is 37.4 Å². The highest BCUT2D eigenvalue weighted by Gasteiger charge is 2.59. The number of aromatic nitrogens is 3. The quantitative estimate of drug-likeness (QED) is 0.443. The van der Waals surface area contributed by atoms with Crippen molar-refractivity contribution >= 4 is 32.5 Å². The molecular formula is C25H24ClN5O2S. The Kier molecular flexibility index (Phi) is 4.70. The Labute approximate surface area is 202 Å². The van der Waals surface area contributed by atoms with Gasteiger partial charge >= 0.3 is 0 Å². The second-order valence-corrected chi connectivity index (χ2v) is 11.9. The van der Waals surface area contributed by atoms with E-state index in [2.05, 4.69) is 4.98 Å². The minimum atomic E-state index is -3.82. The van der Waals surface area contributed by atoms with Crippen LogP contribution >= 0.6 is 11.6 Å². The van der Waals surface area contributed by atoms with Crippen molar-refractivity contribution in [3.8, 4) is 11.3 Å². The highest BCUT2D eigenvalue weighted by molar-refractivity contribution is 7.90. The van der Waals surface area contributed by atoms with Crippen LogP contribution in [0.3, 0.4) is 0 Å². The van der Waals surface area contributed by atoms with Crippen LogP contribution in [0.4, 0.5) is 0 Å². The standard InChI is InChI=1S/C25H24ClN5O2S/c26-20-12-29-23(19-10-11-24(27)14-25(19,28)15-24)30-22(20)18-13-31(21-9-5-4-8-17(18)21)34(32,33)16-6-2-1-3-7-16/h1-9,12-13,19H,10-11,14-15,27-28H2. The summed E-state index contributed by atoms with van der Waals surface area (Å²) in [5, 5.41) is 1.09. The first kappa shape index (κ1) is 21.7. The Balaban J connectivity index is 1.50. The topological polar surface area (TPSA) is 117 Å². The maximum Gasteiger partial charge on any atom is 0.268 e. The van der Waals surface area contributed by atoms with Gasteiger partial charge in [0.15, 0.2) is 0 Å². The molecule has 2 aromatic heterocycles. The van der Waals surface area contributed by atoms with Crippen LogP contribution in [0.2, 0.25) is 5.02 Å². The molecule has 2 heterocycles. The largest absolute Gasteiger partial charge is 0.325 e. The van der Waals surface area contributed by atoms with Gasteiger partial charge in [0.25, 0.3) is 10.0 Å². The summed E-state index contributed by atoms with van der Waals surface area (Å²) >= 11 is 6.58. The number of rotatable bonds is 4. The van der Waals surface area contributed by atoms with Crippen LogP contribution in [0.25, 0.3) is 22.2 Å². The number of hydrogen-bond donors (Lipinski definition) is 2. The first-order chi connectivity index (χ1) is 16.2. The lowest BCUT2D eigenvalue weighted by Gasteiger charge is -2.60. The Morgan fingerprint density at radius 3 is 2.47 bits per heavy atom. The maximum absolute atomic E-state index is 13.5. The highest BCUT2D eigenvalue weighted by atomic mass is 35.5. The van der Waals surface area contributed by atoms with Gasteiger partial charge in [-0.05, 0) is 43.9 Å². The molecule has 4 N–H and O–H groups in total. The van der Waals surface area contributed by atoms with Crippen LogP contribution in [0.15, 0.2) is 71.9 Å². The molecule has 0 radical (unpaired) electrons. The number of halogens is 1. The van der Waals surface area contributed by atoms with Crippen molar-refractivity contribution in [2.24, 2.45) is 11.5 Å². The van der Waals surface area contributed by atoms with E-state index in [4.69, 9.17) is 28.1 Å². The summed E-state index contributed by atoms with van der Waals surface area (Å²) in [6.45, 7) is 0. The van der Waals surface area contributed by atoms with Gasteiger partial charge in [-0.15, -0.1) is 0 Å². The Bertz CT molecular complexity index is 1530. The molecule has 0 spiro atoms. The first-order valence-electron chi connectivity index (χ1n) is 11.2. The van der Waals surface area contributed by atoms with E-state index in [0.717, 1.165) is 31.1 Å². The van der Waals surface area contributed by atoms with Crippen LogP contribution in [0, 0.1) is 0 Å². The van der Waals surface area contributed by atoms with Crippen molar-refractivity contribution in [3.05, 3.63) is 77.8 Å². The molecule has 0 amide bonds. The number of hydrogen-bond acceptors (Lipinski definition) is 6. The van der Waals surface area contributed by atoms with Crippen molar-refractivity contribution in [1.29, 1.82) is 0 Å². The fraction of sp³-hybridized carbons (Fsp3) is 0.280. The molecule has 0 saturated heterocycles. The number of benzene rings is 2. The van der Waals surface area contributed by atoms with Gasteiger partial charge < -0.3 is 11.5 Å². The van der Waals surface area contributed by atoms with E-state index in [9.17, 15) is 8.42 Å². The average Bonchev–Trinajstić information content (AvgIpc) is 3.20. The molecule has 0 aliphatic heterocycles. The predicted molar refractivity (Wildman–Crippen MR) is 132 cm³/mol. The monoisotopic (exact) mass is 493 g/mol. The molecule has 4 aromatic rings. The third-order valence-corrected chi connectivity index (χ3v) is 9.26. The molecule has 3 aliphatic rings. The molecule has 2 aromatic carbocycles. The minimum Gasteiger partial charge on any atom is -0.325 e. The van der Waals surface area contributed by atoms with Crippen molar-refractivity contribution in [3.63, 3.8) is 0 Å². The van der Waals surface area contributed by atoms with Crippen LogP contribution in [0.5, 0.6) is 0 Å². The minimum absolute atomic E-state index is 0.0182. The van der Waals surface area contributed by atoms with E-state index >= 15 is 0 Å². The molecule has 2 bridgehead atoms. The second-order valence-electron chi connectivity index (χ2n) is 9.64. The molecule has 3 fully saturated rings. The Hall–Kier alpha value is -2.78. The van der Waals surface area contributed by atoms with Crippen molar-refractivity contribution < 1.29 is 8.42 Å². The zero-order valence-electron chi connectivity index (χ0n) is 18.4. The van der Waals surface area contributed by atoms with Gasteiger partial charge in [0.05, 0.1) is 21.1 Å².